The van der Waals surface area contributed by atoms with Crippen LogP contribution in [0.4, 0.5) is 22.7 Å². The van der Waals surface area contributed by atoms with Crippen molar-refractivity contribution in [3.05, 3.63) is 46.5 Å². The maximum Gasteiger partial charge on any atom is 0.0577 e. The Labute approximate surface area is 126 Å². The summed E-state index contributed by atoms with van der Waals surface area (Å²) < 4.78 is 0. The molecule has 8 N–H and O–H groups in total. The van der Waals surface area contributed by atoms with Gasteiger partial charge in [0.15, 0.2) is 0 Å². The molecule has 0 aliphatic heterocycles. The van der Waals surface area contributed by atoms with Gasteiger partial charge in [-0.3, -0.25) is 0 Å². The second-order valence-electron chi connectivity index (χ2n) is 6.22. The summed E-state index contributed by atoms with van der Waals surface area (Å²) in [7, 11) is 0. The standard InChI is InChI=1S/C17H24N4/c1-9-5-11(7-13(18)15(9)20)17(3,4)12-6-10(2)16(21)14(19)8-12/h5-8H,18-21H2,1-4H3. The van der Waals surface area contributed by atoms with Crippen molar-refractivity contribution in [2.75, 3.05) is 22.9 Å². The molecule has 0 aliphatic rings. The Kier molecular flexibility index (Phi) is 3.49. The first-order valence-corrected chi connectivity index (χ1v) is 6.96. The summed E-state index contributed by atoms with van der Waals surface area (Å²) in [6, 6.07) is 8.02. The van der Waals surface area contributed by atoms with Crippen LogP contribution in [0.1, 0.15) is 36.1 Å². The zero-order chi connectivity index (χ0) is 15.9. The predicted molar refractivity (Wildman–Crippen MR) is 92.1 cm³/mol. The fourth-order valence-corrected chi connectivity index (χ4v) is 2.54. The molecule has 21 heavy (non-hydrogen) atoms. The maximum absolute atomic E-state index is 6.01. The first-order valence-electron chi connectivity index (χ1n) is 6.96. The number of anilines is 4. The largest absolute Gasteiger partial charge is 0.397 e. The van der Waals surface area contributed by atoms with Crippen molar-refractivity contribution in [3.63, 3.8) is 0 Å². The lowest BCUT2D eigenvalue weighted by molar-refractivity contribution is 0.640. The molecule has 2 aromatic rings. The average molecular weight is 284 g/mol. The molecule has 0 heterocycles. The van der Waals surface area contributed by atoms with Crippen molar-refractivity contribution >= 4 is 22.7 Å². The van der Waals surface area contributed by atoms with E-state index in [1.54, 1.807) is 0 Å². The van der Waals surface area contributed by atoms with Gasteiger partial charge in [-0.15, -0.1) is 0 Å². The zero-order valence-electron chi connectivity index (χ0n) is 13.1. The van der Waals surface area contributed by atoms with E-state index in [4.69, 9.17) is 22.9 Å². The van der Waals surface area contributed by atoms with Gasteiger partial charge >= 0.3 is 0 Å². The van der Waals surface area contributed by atoms with E-state index in [0.29, 0.717) is 22.7 Å². The number of rotatable bonds is 2. The quantitative estimate of drug-likeness (QED) is 0.636. The molecule has 0 aromatic heterocycles. The van der Waals surface area contributed by atoms with Crippen LogP contribution in [0, 0.1) is 13.8 Å². The Morgan fingerprint density at radius 3 is 1.29 bits per heavy atom. The molecule has 0 saturated carbocycles. The molecule has 0 amide bonds. The predicted octanol–water partition coefficient (Wildman–Crippen LogP) is 2.96. The van der Waals surface area contributed by atoms with E-state index in [2.05, 4.69) is 26.0 Å². The summed E-state index contributed by atoms with van der Waals surface area (Å²) in [5.41, 5.74) is 30.3. The molecule has 4 heteroatoms. The van der Waals surface area contributed by atoms with E-state index < -0.39 is 0 Å². The van der Waals surface area contributed by atoms with Crippen LogP contribution in [0.3, 0.4) is 0 Å². The van der Waals surface area contributed by atoms with Gasteiger partial charge in [0.2, 0.25) is 0 Å². The smallest absolute Gasteiger partial charge is 0.0577 e. The SMILES string of the molecule is Cc1cc(C(C)(C)c2cc(C)c(N)c(N)c2)cc(N)c1N. The molecular formula is C17H24N4. The number of hydrogen-bond donors (Lipinski definition) is 4. The van der Waals surface area contributed by atoms with Crippen molar-refractivity contribution < 1.29 is 0 Å². The minimum Gasteiger partial charge on any atom is -0.397 e. The molecule has 0 spiro atoms. The molecule has 0 unspecified atom stereocenters. The molecule has 0 radical (unpaired) electrons. The van der Waals surface area contributed by atoms with E-state index in [9.17, 15) is 0 Å². The molecule has 112 valence electrons. The summed E-state index contributed by atoms with van der Waals surface area (Å²) in [6.45, 7) is 8.21. The Morgan fingerprint density at radius 2 is 1.00 bits per heavy atom. The summed E-state index contributed by atoms with van der Waals surface area (Å²) in [6.07, 6.45) is 0. The molecular weight excluding hydrogens is 260 g/mol. The maximum atomic E-state index is 6.01. The molecule has 0 atom stereocenters. The zero-order valence-corrected chi connectivity index (χ0v) is 13.1. The molecule has 0 bridgehead atoms. The summed E-state index contributed by atoms with van der Waals surface area (Å²) in [4.78, 5) is 0. The topological polar surface area (TPSA) is 104 Å². The molecule has 0 saturated heterocycles. The number of benzene rings is 2. The van der Waals surface area contributed by atoms with E-state index in [1.807, 2.05) is 26.0 Å². The lowest BCUT2D eigenvalue weighted by Gasteiger charge is -2.28. The van der Waals surface area contributed by atoms with Crippen LogP contribution in [0.15, 0.2) is 24.3 Å². The summed E-state index contributed by atoms with van der Waals surface area (Å²) >= 11 is 0. The third-order valence-electron chi connectivity index (χ3n) is 4.28. The summed E-state index contributed by atoms with van der Waals surface area (Å²) in [5.74, 6) is 0. The van der Waals surface area contributed by atoms with Crippen molar-refractivity contribution in [2.24, 2.45) is 0 Å². The Hall–Kier alpha value is -2.36. The van der Waals surface area contributed by atoms with Crippen LogP contribution < -0.4 is 22.9 Å². The van der Waals surface area contributed by atoms with Gasteiger partial charge in [0, 0.05) is 5.41 Å². The van der Waals surface area contributed by atoms with Crippen LogP contribution in [-0.4, -0.2) is 0 Å². The second-order valence-corrected chi connectivity index (χ2v) is 6.22. The van der Waals surface area contributed by atoms with Gasteiger partial charge in [0.25, 0.3) is 0 Å². The highest BCUT2D eigenvalue weighted by molar-refractivity contribution is 5.71. The van der Waals surface area contributed by atoms with E-state index in [1.165, 1.54) is 0 Å². The number of nitrogens with two attached hydrogens (primary N) is 4. The highest BCUT2D eigenvalue weighted by Gasteiger charge is 2.25. The third kappa shape index (κ3) is 2.49. The summed E-state index contributed by atoms with van der Waals surface area (Å²) in [5, 5.41) is 0. The number of nitrogen functional groups attached to an aromatic ring is 4. The highest BCUT2D eigenvalue weighted by atomic mass is 14.7. The van der Waals surface area contributed by atoms with E-state index in [0.717, 1.165) is 22.3 Å². The minimum atomic E-state index is -0.237. The number of hydrogen-bond acceptors (Lipinski definition) is 4. The van der Waals surface area contributed by atoms with Crippen molar-refractivity contribution in [1.29, 1.82) is 0 Å². The van der Waals surface area contributed by atoms with Crippen LogP contribution >= 0.6 is 0 Å². The van der Waals surface area contributed by atoms with E-state index in [-0.39, 0.29) is 5.41 Å². The van der Waals surface area contributed by atoms with Gasteiger partial charge < -0.3 is 22.9 Å². The fourth-order valence-electron chi connectivity index (χ4n) is 2.54. The normalized spacial score (nSPS) is 11.6. The third-order valence-corrected chi connectivity index (χ3v) is 4.28. The van der Waals surface area contributed by atoms with Crippen LogP contribution in [0.2, 0.25) is 0 Å². The molecule has 2 aromatic carbocycles. The van der Waals surface area contributed by atoms with E-state index >= 15 is 0 Å². The molecule has 2 rings (SSSR count). The Balaban J connectivity index is 2.61. The monoisotopic (exact) mass is 284 g/mol. The van der Waals surface area contributed by atoms with Crippen LogP contribution in [0.25, 0.3) is 0 Å². The molecule has 0 aliphatic carbocycles. The van der Waals surface area contributed by atoms with Gasteiger partial charge in [-0.1, -0.05) is 26.0 Å². The van der Waals surface area contributed by atoms with Crippen molar-refractivity contribution in [1.82, 2.24) is 0 Å². The lowest BCUT2D eigenvalue weighted by atomic mass is 9.76. The highest BCUT2D eigenvalue weighted by Crippen LogP contribution is 2.37. The van der Waals surface area contributed by atoms with Crippen LogP contribution in [-0.2, 0) is 5.41 Å². The molecule has 0 fully saturated rings. The first kappa shape index (κ1) is 15.0. The van der Waals surface area contributed by atoms with Crippen LogP contribution in [0.5, 0.6) is 0 Å². The van der Waals surface area contributed by atoms with Gasteiger partial charge in [-0.25, -0.2) is 0 Å². The van der Waals surface area contributed by atoms with Gasteiger partial charge in [-0.2, -0.15) is 0 Å². The first-order chi connectivity index (χ1) is 9.64. The van der Waals surface area contributed by atoms with Gasteiger partial charge in [0.1, 0.15) is 0 Å². The van der Waals surface area contributed by atoms with Crippen molar-refractivity contribution in [3.8, 4) is 0 Å². The average Bonchev–Trinajstić information content (AvgIpc) is 2.40. The Bertz CT molecular complexity index is 596. The second kappa shape index (κ2) is 4.88. The number of aryl methyl sites for hydroxylation is 2. The fraction of sp³-hybridized carbons (Fsp3) is 0.294. The molecule has 4 nitrogen and oxygen atoms in total. The lowest BCUT2D eigenvalue weighted by Crippen LogP contribution is -2.20. The van der Waals surface area contributed by atoms with Gasteiger partial charge in [-0.05, 0) is 48.2 Å². The Morgan fingerprint density at radius 1 is 0.667 bits per heavy atom. The van der Waals surface area contributed by atoms with Crippen molar-refractivity contribution in [2.45, 2.75) is 33.1 Å². The van der Waals surface area contributed by atoms with Gasteiger partial charge in [0.05, 0.1) is 22.7 Å². The minimum absolute atomic E-state index is 0.237.